The molecule has 1 aromatic heterocycles. The topological polar surface area (TPSA) is 78.9 Å². The zero-order valence-corrected chi connectivity index (χ0v) is 12.4. The van der Waals surface area contributed by atoms with Crippen LogP contribution >= 0.6 is 11.3 Å². The number of morpholine rings is 1. The zero-order chi connectivity index (χ0) is 14.8. The molecule has 2 aliphatic rings. The molecule has 1 saturated heterocycles. The zero-order valence-electron chi connectivity index (χ0n) is 11.6. The fourth-order valence-corrected chi connectivity index (χ4v) is 3.14. The van der Waals surface area contributed by atoms with Crippen molar-refractivity contribution in [1.29, 1.82) is 0 Å². The number of carbonyl (C=O) groups excluding carboxylic acids is 2. The van der Waals surface area contributed by atoms with Gasteiger partial charge in [-0.1, -0.05) is 0 Å². The molecular formula is C14H18N2O4S. The quantitative estimate of drug-likeness (QED) is 0.867. The first-order chi connectivity index (χ1) is 10.2. The molecule has 1 atom stereocenters. The smallest absolute Gasteiger partial charge is 0.264 e. The molecule has 6 nitrogen and oxygen atoms in total. The molecular weight excluding hydrogens is 292 g/mol. The van der Waals surface area contributed by atoms with Gasteiger partial charge in [0, 0.05) is 19.0 Å². The molecule has 0 bridgehead atoms. The predicted molar refractivity (Wildman–Crippen MR) is 78.4 cm³/mol. The molecule has 0 radical (unpaired) electrons. The first-order valence-corrected chi connectivity index (χ1v) is 7.91. The number of anilines is 1. The van der Waals surface area contributed by atoms with Gasteiger partial charge >= 0.3 is 0 Å². The lowest BCUT2D eigenvalue weighted by Gasteiger charge is -2.31. The lowest BCUT2D eigenvalue weighted by molar-refractivity contribution is -0.117. The average Bonchev–Trinajstić information content (AvgIpc) is 3.27. The van der Waals surface area contributed by atoms with Crippen LogP contribution in [-0.2, 0) is 9.53 Å². The SMILES string of the molecule is O=C(Nc1ccc(C(=O)N2CCOC(CO)C2)s1)C1CC1. The summed E-state index contributed by atoms with van der Waals surface area (Å²) in [6.45, 7) is 1.28. The first kappa shape index (κ1) is 14.5. The molecule has 0 aromatic carbocycles. The molecule has 2 fully saturated rings. The molecule has 3 rings (SSSR count). The molecule has 0 spiro atoms. The highest BCUT2D eigenvalue weighted by atomic mass is 32.1. The number of hydrogen-bond donors (Lipinski definition) is 2. The Morgan fingerprint density at radius 1 is 1.43 bits per heavy atom. The Kier molecular flexibility index (Phi) is 4.23. The Morgan fingerprint density at radius 2 is 2.24 bits per heavy atom. The molecule has 1 aromatic rings. The normalized spacial score (nSPS) is 22.1. The number of carbonyl (C=O) groups is 2. The molecule has 114 valence electrons. The van der Waals surface area contributed by atoms with E-state index < -0.39 is 0 Å². The summed E-state index contributed by atoms with van der Waals surface area (Å²) in [5, 5.41) is 12.7. The van der Waals surface area contributed by atoms with E-state index in [2.05, 4.69) is 5.32 Å². The number of amides is 2. The highest BCUT2D eigenvalue weighted by molar-refractivity contribution is 7.18. The van der Waals surface area contributed by atoms with Gasteiger partial charge in [0.2, 0.25) is 5.91 Å². The summed E-state index contributed by atoms with van der Waals surface area (Å²) < 4.78 is 5.34. The maximum atomic E-state index is 12.4. The van der Waals surface area contributed by atoms with E-state index in [1.54, 1.807) is 17.0 Å². The van der Waals surface area contributed by atoms with Crippen LogP contribution in [0, 0.1) is 5.92 Å². The summed E-state index contributed by atoms with van der Waals surface area (Å²) in [6, 6.07) is 3.50. The van der Waals surface area contributed by atoms with Crippen LogP contribution in [-0.4, -0.2) is 54.2 Å². The van der Waals surface area contributed by atoms with Crippen molar-refractivity contribution in [2.24, 2.45) is 5.92 Å². The molecule has 1 saturated carbocycles. The molecule has 21 heavy (non-hydrogen) atoms. The number of hydrogen-bond acceptors (Lipinski definition) is 5. The summed E-state index contributed by atoms with van der Waals surface area (Å²) in [5.41, 5.74) is 0. The van der Waals surface area contributed by atoms with Crippen molar-refractivity contribution >= 4 is 28.2 Å². The van der Waals surface area contributed by atoms with Crippen molar-refractivity contribution in [3.63, 3.8) is 0 Å². The molecule has 1 aliphatic heterocycles. The van der Waals surface area contributed by atoms with Gasteiger partial charge in [-0.3, -0.25) is 9.59 Å². The van der Waals surface area contributed by atoms with E-state index in [4.69, 9.17) is 9.84 Å². The number of ether oxygens (including phenoxy) is 1. The van der Waals surface area contributed by atoms with Crippen molar-refractivity contribution in [1.82, 2.24) is 4.90 Å². The molecule has 1 aliphatic carbocycles. The molecule has 7 heteroatoms. The summed E-state index contributed by atoms with van der Waals surface area (Å²) in [5.74, 6) is 0.118. The van der Waals surface area contributed by atoms with E-state index in [1.807, 2.05) is 0 Å². The van der Waals surface area contributed by atoms with Crippen LogP contribution in [0.3, 0.4) is 0 Å². The second kappa shape index (κ2) is 6.13. The minimum absolute atomic E-state index is 0.0440. The lowest BCUT2D eigenvalue weighted by atomic mass is 10.2. The minimum atomic E-state index is -0.309. The molecule has 2 N–H and O–H groups in total. The van der Waals surface area contributed by atoms with Crippen molar-refractivity contribution in [3.05, 3.63) is 17.0 Å². The van der Waals surface area contributed by atoms with Crippen molar-refractivity contribution in [2.45, 2.75) is 18.9 Å². The van der Waals surface area contributed by atoms with Gasteiger partial charge in [0.15, 0.2) is 0 Å². The Hall–Kier alpha value is -1.44. The van der Waals surface area contributed by atoms with Crippen LogP contribution < -0.4 is 5.32 Å². The van der Waals surface area contributed by atoms with Crippen molar-refractivity contribution < 1.29 is 19.4 Å². The fourth-order valence-electron chi connectivity index (χ4n) is 2.26. The third-order valence-corrected chi connectivity index (χ3v) is 4.63. The number of thiophene rings is 1. The van der Waals surface area contributed by atoms with Gasteiger partial charge < -0.3 is 20.1 Å². The van der Waals surface area contributed by atoms with Gasteiger partial charge in [0.1, 0.15) is 0 Å². The number of aliphatic hydroxyl groups excluding tert-OH is 1. The van der Waals surface area contributed by atoms with Gasteiger partial charge in [-0.25, -0.2) is 0 Å². The largest absolute Gasteiger partial charge is 0.394 e. The van der Waals surface area contributed by atoms with E-state index in [1.165, 1.54) is 11.3 Å². The average molecular weight is 310 g/mol. The minimum Gasteiger partial charge on any atom is -0.394 e. The van der Waals surface area contributed by atoms with Crippen molar-refractivity contribution in [3.8, 4) is 0 Å². The van der Waals surface area contributed by atoms with Crippen LogP contribution in [0.25, 0.3) is 0 Å². The van der Waals surface area contributed by atoms with E-state index in [0.717, 1.165) is 12.8 Å². The van der Waals surface area contributed by atoms with Crippen LogP contribution in [0.4, 0.5) is 5.00 Å². The number of rotatable bonds is 4. The van der Waals surface area contributed by atoms with Crippen LogP contribution in [0.15, 0.2) is 12.1 Å². The molecule has 2 heterocycles. The number of nitrogens with zero attached hydrogens (tertiary/aromatic N) is 1. The van der Waals surface area contributed by atoms with Gasteiger partial charge in [-0.05, 0) is 25.0 Å². The highest BCUT2D eigenvalue weighted by Gasteiger charge is 2.30. The standard InChI is InChI=1S/C14H18N2O4S/c17-8-10-7-16(5-6-20-10)14(19)11-3-4-12(21-11)15-13(18)9-1-2-9/h3-4,9-10,17H,1-2,5-8H2,(H,15,18). The van der Waals surface area contributed by atoms with Gasteiger partial charge in [0.05, 0.1) is 29.2 Å². The Labute approximate surface area is 126 Å². The third kappa shape index (κ3) is 3.42. The van der Waals surface area contributed by atoms with E-state index >= 15 is 0 Å². The summed E-state index contributed by atoms with van der Waals surface area (Å²) >= 11 is 1.29. The Bertz CT molecular complexity index is 541. The lowest BCUT2D eigenvalue weighted by Crippen LogP contribution is -2.46. The maximum Gasteiger partial charge on any atom is 0.264 e. The highest BCUT2D eigenvalue weighted by Crippen LogP contribution is 2.32. The van der Waals surface area contributed by atoms with E-state index in [0.29, 0.717) is 29.6 Å². The summed E-state index contributed by atoms with van der Waals surface area (Å²) in [7, 11) is 0. The van der Waals surface area contributed by atoms with Crippen LogP contribution in [0.1, 0.15) is 22.5 Å². The molecule has 1 unspecified atom stereocenters. The Morgan fingerprint density at radius 3 is 2.95 bits per heavy atom. The summed E-state index contributed by atoms with van der Waals surface area (Å²) in [6.07, 6.45) is 1.61. The maximum absolute atomic E-state index is 12.4. The van der Waals surface area contributed by atoms with Crippen LogP contribution in [0.2, 0.25) is 0 Å². The fraction of sp³-hybridized carbons (Fsp3) is 0.571. The number of nitrogens with one attached hydrogen (secondary N) is 1. The predicted octanol–water partition coefficient (Wildman–Crippen LogP) is 0.930. The number of aliphatic hydroxyl groups is 1. The second-order valence-electron chi connectivity index (χ2n) is 5.35. The van der Waals surface area contributed by atoms with Crippen LogP contribution in [0.5, 0.6) is 0 Å². The van der Waals surface area contributed by atoms with Gasteiger partial charge in [0.25, 0.3) is 5.91 Å². The van der Waals surface area contributed by atoms with Gasteiger partial charge in [-0.2, -0.15) is 0 Å². The second-order valence-corrected chi connectivity index (χ2v) is 6.44. The molecule has 2 amide bonds. The van der Waals surface area contributed by atoms with Gasteiger partial charge in [-0.15, -0.1) is 11.3 Å². The third-order valence-electron chi connectivity index (χ3n) is 3.64. The Balaban J connectivity index is 1.61. The monoisotopic (exact) mass is 310 g/mol. The van der Waals surface area contributed by atoms with E-state index in [9.17, 15) is 9.59 Å². The van der Waals surface area contributed by atoms with Crippen molar-refractivity contribution in [2.75, 3.05) is 31.6 Å². The summed E-state index contributed by atoms with van der Waals surface area (Å²) in [4.78, 5) is 26.4. The van der Waals surface area contributed by atoms with E-state index in [-0.39, 0.29) is 30.4 Å². The first-order valence-electron chi connectivity index (χ1n) is 7.10.